The number of hydrogen-bond donors (Lipinski definition) is 2. The van der Waals surface area contributed by atoms with Gasteiger partial charge >= 0.3 is 12.0 Å². The number of hydrogen-bond acceptors (Lipinski definition) is 2. The Morgan fingerprint density at radius 1 is 1.43 bits per heavy atom. The molecule has 0 fully saturated rings. The molecule has 1 aliphatic rings. The Morgan fingerprint density at radius 3 is 2.81 bits per heavy atom. The number of amides is 2. The van der Waals surface area contributed by atoms with Gasteiger partial charge in [-0.2, -0.15) is 0 Å². The summed E-state index contributed by atoms with van der Waals surface area (Å²) in [6, 6.07) is 6.65. The zero-order valence-electron chi connectivity index (χ0n) is 12.5. The maximum atomic E-state index is 12.4. The highest BCUT2D eigenvalue weighted by molar-refractivity contribution is 5.96. The molecule has 1 unspecified atom stereocenters. The minimum Gasteiger partial charge on any atom is -0.480 e. The summed E-state index contributed by atoms with van der Waals surface area (Å²) in [6.07, 6.45) is 2.95. The lowest BCUT2D eigenvalue weighted by Gasteiger charge is -2.25. The normalized spacial score (nSPS) is 18.2. The van der Waals surface area contributed by atoms with Crippen molar-refractivity contribution < 1.29 is 14.7 Å². The molecular weight excluding hydrogens is 268 g/mol. The molecule has 2 N–H and O–H groups in total. The maximum absolute atomic E-state index is 12.4. The van der Waals surface area contributed by atoms with Gasteiger partial charge in [0.25, 0.3) is 0 Å². The molecule has 2 atom stereocenters. The van der Waals surface area contributed by atoms with Crippen molar-refractivity contribution in [3.05, 3.63) is 29.8 Å². The van der Waals surface area contributed by atoms with E-state index in [1.54, 1.807) is 4.90 Å². The first-order chi connectivity index (χ1) is 10.0. The summed E-state index contributed by atoms with van der Waals surface area (Å²) in [7, 11) is 0. The van der Waals surface area contributed by atoms with Crippen LogP contribution in [0.5, 0.6) is 0 Å². The molecule has 114 valence electrons. The Morgan fingerprint density at radius 2 is 2.14 bits per heavy atom. The predicted molar refractivity (Wildman–Crippen MR) is 81.6 cm³/mol. The fourth-order valence-electron chi connectivity index (χ4n) is 2.76. The SMILES string of the molecule is CCCC[C@H](NC(=O)N1c2ccccc2CC1C)C(=O)O. The fourth-order valence-corrected chi connectivity index (χ4v) is 2.76. The molecule has 5 nitrogen and oxygen atoms in total. The van der Waals surface area contributed by atoms with Gasteiger partial charge in [-0.15, -0.1) is 0 Å². The third-order valence-corrected chi connectivity index (χ3v) is 3.87. The van der Waals surface area contributed by atoms with E-state index in [1.165, 1.54) is 0 Å². The molecule has 0 aromatic heterocycles. The number of unbranched alkanes of at least 4 members (excludes halogenated alkanes) is 1. The van der Waals surface area contributed by atoms with E-state index >= 15 is 0 Å². The van der Waals surface area contributed by atoms with Gasteiger partial charge in [0.2, 0.25) is 0 Å². The molecule has 2 amide bonds. The highest BCUT2D eigenvalue weighted by Gasteiger charge is 2.32. The molecule has 5 heteroatoms. The van der Waals surface area contributed by atoms with E-state index in [4.69, 9.17) is 0 Å². The number of carbonyl (C=O) groups is 2. The van der Waals surface area contributed by atoms with E-state index in [0.717, 1.165) is 30.5 Å². The number of carboxylic acids is 1. The highest BCUT2D eigenvalue weighted by Crippen LogP contribution is 2.31. The van der Waals surface area contributed by atoms with Crippen LogP contribution in [-0.4, -0.2) is 29.2 Å². The Bertz CT molecular complexity index is 530. The van der Waals surface area contributed by atoms with E-state index < -0.39 is 12.0 Å². The van der Waals surface area contributed by atoms with Gasteiger partial charge in [-0.05, 0) is 31.4 Å². The van der Waals surface area contributed by atoms with Crippen molar-refractivity contribution in [1.82, 2.24) is 5.32 Å². The summed E-state index contributed by atoms with van der Waals surface area (Å²) in [5, 5.41) is 11.9. The van der Waals surface area contributed by atoms with Crippen LogP contribution < -0.4 is 10.2 Å². The van der Waals surface area contributed by atoms with Crippen molar-refractivity contribution >= 4 is 17.7 Å². The summed E-state index contributed by atoms with van der Waals surface area (Å²) in [5.41, 5.74) is 2.00. The number of nitrogens with one attached hydrogen (secondary N) is 1. The topological polar surface area (TPSA) is 69.6 Å². The smallest absolute Gasteiger partial charge is 0.326 e. The Labute approximate surface area is 125 Å². The molecule has 1 aromatic carbocycles. The molecule has 1 heterocycles. The number of rotatable bonds is 5. The van der Waals surface area contributed by atoms with Crippen molar-refractivity contribution in [2.45, 2.75) is 51.6 Å². The second-order valence-electron chi connectivity index (χ2n) is 5.53. The Kier molecular flexibility index (Phi) is 4.83. The van der Waals surface area contributed by atoms with E-state index in [1.807, 2.05) is 38.1 Å². The van der Waals surface area contributed by atoms with Crippen LogP contribution in [0, 0.1) is 0 Å². The Hall–Kier alpha value is -2.04. The van der Waals surface area contributed by atoms with Crippen LogP contribution in [0.15, 0.2) is 24.3 Å². The third kappa shape index (κ3) is 3.35. The lowest BCUT2D eigenvalue weighted by molar-refractivity contribution is -0.139. The van der Waals surface area contributed by atoms with Gasteiger partial charge in [-0.3, -0.25) is 4.90 Å². The Balaban J connectivity index is 2.10. The first-order valence-electron chi connectivity index (χ1n) is 7.45. The quantitative estimate of drug-likeness (QED) is 0.876. The third-order valence-electron chi connectivity index (χ3n) is 3.87. The van der Waals surface area contributed by atoms with E-state index in [-0.39, 0.29) is 12.1 Å². The van der Waals surface area contributed by atoms with Gasteiger partial charge < -0.3 is 10.4 Å². The standard InChI is InChI=1S/C16H22N2O3/c1-3-4-8-13(15(19)20)17-16(21)18-11(2)10-12-7-5-6-9-14(12)18/h5-7,9,11,13H,3-4,8,10H2,1-2H3,(H,17,21)(H,19,20)/t11?,13-/m0/s1. The average Bonchev–Trinajstić information content (AvgIpc) is 2.78. The van der Waals surface area contributed by atoms with Gasteiger partial charge in [0, 0.05) is 11.7 Å². The number of fused-ring (bicyclic) bond motifs is 1. The molecule has 21 heavy (non-hydrogen) atoms. The van der Waals surface area contributed by atoms with Crippen molar-refractivity contribution in [2.75, 3.05) is 4.90 Å². The number of carboxylic acid groups (broad SMARTS) is 1. The second kappa shape index (κ2) is 6.61. The summed E-state index contributed by atoms with van der Waals surface area (Å²) in [5.74, 6) is -0.975. The lowest BCUT2D eigenvalue weighted by Crippen LogP contribution is -2.49. The fraction of sp³-hybridized carbons (Fsp3) is 0.500. The number of para-hydroxylation sites is 1. The van der Waals surface area contributed by atoms with Crippen LogP contribution in [0.2, 0.25) is 0 Å². The second-order valence-corrected chi connectivity index (χ2v) is 5.53. The average molecular weight is 290 g/mol. The van der Waals surface area contributed by atoms with Crippen LogP contribution in [0.25, 0.3) is 0 Å². The van der Waals surface area contributed by atoms with Gasteiger partial charge in [-0.25, -0.2) is 9.59 Å². The number of anilines is 1. The number of aliphatic carboxylic acids is 1. The van der Waals surface area contributed by atoms with E-state index in [9.17, 15) is 14.7 Å². The van der Waals surface area contributed by atoms with Gasteiger partial charge in [-0.1, -0.05) is 38.0 Å². The first-order valence-corrected chi connectivity index (χ1v) is 7.45. The van der Waals surface area contributed by atoms with Crippen molar-refractivity contribution in [3.63, 3.8) is 0 Å². The van der Waals surface area contributed by atoms with E-state index in [2.05, 4.69) is 5.32 Å². The summed E-state index contributed by atoms with van der Waals surface area (Å²) in [6.45, 7) is 3.97. The largest absolute Gasteiger partial charge is 0.480 e. The van der Waals surface area contributed by atoms with Crippen LogP contribution in [0.1, 0.15) is 38.7 Å². The van der Waals surface area contributed by atoms with Crippen LogP contribution >= 0.6 is 0 Å². The minimum atomic E-state index is -0.975. The van der Waals surface area contributed by atoms with Gasteiger partial charge in [0.1, 0.15) is 6.04 Å². The maximum Gasteiger partial charge on any atom is 0.326 e. The molecule has 0 bridgehead atoms. The van der Waals surface area contributed by atoms with Crippen LogP contribution in [0.3, 0.4) is 0 Å². The molecule has 1 aromatic rings. The molecule has 1 aliphatic heterocycles. The minimum absolute atomic E-state index is 0.0445. The first kappa shape index (κ1) is 15.4. The van der Waals surface area contributed by atoms with Crippen molar-refractivity contribution in [1.29, 1.82) is 0 Å². The van der Waals surface area contributed by atoms with Crippen molar-refractivity contribution in [2.24, 2.45) is 0 Å². The van der Waals surface area contributed by atoms with Gasteiger partial charge in [0.05, 0.1) is 0 Å². The van der Waals surface area contributed by atoms with Gasteiger partial charge in [0.15, 0.2) is 0 Å². The number of carbonyl (C=O) groups excluding carboxylic acids is 1. The summed E-state index contributed by atoms with van der Waals surface area (Å²) < 4.78 is 0. The molecule has 0 saturated heterocycles. The molecular formula is C16H22N2O3. The monoisotopic (exact) mass is 290 g/mol. The molecule has 0 spiro atoms. The van der Waals surface area contributed by atoms with Crippen LogP contribution in [0.4, 0.5) is 10.5 Å². The summed E-state index contributed by atoms with van der Waals surface area (Å²) >= 11 is 0. The molecule has 0 radical (unpaired) electrons. The van der Waals surface area contributed by atoms with Crippen LogP contribution in [-0.2, 0) is 11.2 Å². The van der Waals surface area contributed by atoms with Crippen molar-refractivity contribution in [3.8, 4) is 0 Å². The lowest BCUT2D eigenvalue weighted by atomic mass is 10.1. The summed E-state index contributed by atoms with van der Waals surface area (Å²) in [4.78, 5) is 25.4. The molecule has 0 aliphatic carbocycles. The number of urea groups is 1. The zero-order chi connectivity index (χ0) is 15.4. The number of nitrogens with zero attached hydrogens (tertiary/aromatic N) is 1. The highest BCUT2D eigenvalue weighted by atomic mass is 16.4. The van der Waals surface area contributed by atoms with E-state index in [0.29, 0.717) is 6.42 Å². The number of benzene rings is 1. The predicted octanol–water partition coefficient (Wildman–Crippen LogP) is 2.79. The zero-order valence-corrected chi connectivity index (χ0v) is 12.5. The molecule has 0 saturated carbocycles. The molecule has 2 rings (SSSR count).